The van der Waals surface area contributed by atoms with Crippen molar-refractivity contribution in [3.63, 3.8) is 0 Å². The minimum absolute atomic E-state index is 0.166. The van der Waals surface area contributed by atoms with E-state index in [1.165, 1.54) is 0 Å². The first kappa shape index (κ1) is 16.2. The van der Waals surface area contributed by atoms with Gasteiger partial charge in [0.1, 0.15) is 0 Å². The average molecular weight is 303 g/mol. The third kappa shape index (κ3) is 3.53. The van der Waals surface area contributed by atoms with Gasteiger partial charge in [-0.15, -0.1) is 0 Å². The fourth-order valence-corrected chi connectivity index (χ4v) is 5.74. The van der Waals surface area contributed by atoms with Gasteiger partial charge in [0.05, 0.1) is 0 Å². The number of nitrogens with one attached hydrogen (secondary N) is 1. The lowest BCUT2D eigenvalue weighted by molar-refractivity contribution is 0.192. The first-order chi connectivity index (χ1) is 9.45. The van der Waals surface area contributed by atoms with Crippen molar-refractivity contribution in [3.05, 3.63) is 0 Å². The van der Waals surface area contributed by atoms with E-state index in [9.17, 15) is 8.42 Å². The monoisotopic (exact) mass is 303 g/mol. The number of piperidine rings is 2. The first-order valence-electron chi connectivity index (χ1n) is 7.92. The normalized spacial score (nSPS) is 30.8. The van der Waals surface area contributed by atoms with E-state index in [1.54, 1.807) is 8.61 Å². The highest BCUT2D eigenvalue weighted by Crippen LogP contribution is 2.26. The van der Waals surface area contributed by atoms with Gasteiger partial charge < -0.3 is 5.32 Å². The standard InChI is InChI=1S/C14H29N3O2S/c1-4-17(14-5-7-15-8-6-14)20(18,19)16-10-12(2)9-13(3)11-16/h12-15H,4-11H2,1-3H3. The summed E-state index contributed by atoms with van der Waals surface area (Å²) in [5, 5.41) is 3.30. The molecule has 2 saturated heterocycles. The molecule has 5 nitrogen and oxygen atoms in total. The number of rotatable bonds is 4. The second-order valence-electron chi connectivity index (χ2n) is 6.46. The molecule has 2 aliphatic heterocycles. The highest BCUT2D eigenvalue weighted by molar-refractivity contribution is 7.86. The quantitative estimate of drug-likeness (QED) is 0.851. The van der Waals surface area contributed by atoms with E-state index in [0.717, 1.165) is 32.4 Å². The van der Waals surface area contributed by atoms with Crippen molar-refractivity contribution in [2.45, 2.75) is 46.1 Å². The Kier molecular flexibility index (Phi) is 5.45. The van der Waals surface area contributed by atoms with Gasteiger partial charge in [0.15, 0.2) is 0 Å². The Bertz CT molecular complexity index is 397. The highest BCUT2D eigenvalue weighted by atomic mass is 32.2. The molecule has 0 aliphatic carbocycles. The summed E-state index contributed by atoms with van der Waals surface area (Å²) in [4.78, 5) is 0. The van der Waals surface area contributed by atoms with Crippen LogP contribution in [0.5, 0.6) is 0 Å². The second-order valence-corrected chi connectivity index (χ2v) is 8.34. The summed E-state index contributed by atoms with van der Waals surface area (Å²) in [6.07, 6.45) is 2.98. The predicted octanol–water partition coefficient (Wildman–Crippen LogP) is 1.28. The van der Waals surface area contributed by atoms with Crippen LogP contribution in [-0.2, 0) is 10.2 Å². The number of hydrogen-bond donors (Lipinski definition) is 1. The Balaban J connectivity index is 2.13. The Labute approximate surface area is 123 Å². The van der Waals surface area contributed by atoms with Gasteiger partial charge in [-0.25, -0.2) is 0 Å². The van der Waals surface area contributed by atoms with Gasteiger partial charge in [0.25, 0.3) is 10.2 Å². The maximum absolute atomic E-state index is 12.9. The number of nitrogens with zero attached hydrogens (tertiary/aromatic N) is 2. The van der Waals surface area contributed by atoms with Gasteiger partial charge in [-0.05, 0) is 44.2 Å². The maximum Gasteiger partial charge on any atom is 0.282 e. The summed E-state index contributed by atoms with van der Waals surface area (Å²) in [6.45, 7) is 10.0. The molecule has 2 atom stereocenters. The van der Waals surface area contributed by atoms with Crippen LogP contribution in [0.1, 0.15) is 40.0 Å². The summed E-state index contributed by atoms with van der Waals surface area (Å²) >= 11 is 0. The molecule has 2 unspecified atom stereocenters. The Morgan fingerprint density at radius 1 is 1.15 bits per heavy atom. The third-order valence-corrected chi connectivity index (χ3v) is 6.59. The summed E-state index contributed by atoms with van der Waals surface area (Å²) < 4.78 is 29.3. The Hall–Kier alpha value is -0.170. The molecular formula is C14H29N3O2S. The predicted molar refractivity (Wildman–Crippen MR) is 81.7 cm³/mol. The van der Waals surface area contributed by atoms with Crippen LogP contribution in [0, 0.1) is 11.8 Å². The van der Waals surface area contributed by atoms with E-state index >= 15 is 0 Å². The molecule has 118 valence electrons. The summed E-state index contributed by atoms with van der Waals surface area (Å²) in [5.41, 5.74) is 0. The van der Waals surface area contributed by atoms with Crippen molar-refractivity contribution in [3.8, 4) is 0 Å². The zero-order chi connectivity index (χ0) is 14.8. The van der Waals surface area contributed by atoms with Crippen LogP contribution < -0.4 is 5.32 Å². The molecule has 0 aromatic heterocycles. The first-order valence-corrected chi connectivity index (χ1v) is 9.32. The van der Waals surface area contributed by atoms with E-state index in [2.05, 4.69) is 19.2 Å². The molecule has 2 aliphatic rings. The largest absolute Gasteiger partial charge is 0.317 e. The topological polar surface area (TPSA) is 52.7 Å². The van der Waals surface area contributed by atoms with E-state index < -0.39 is 10.2 Å². The lowest BCUT2D eigenvalue weighted by Gasteiger charge is -2.40. The zero-order valence-corrected chi connectivity index (χ0v) is 13.8. The van der Waals surface area contributed by atoms with Gasteiger partial charge in [-0.2, -0.15) is 17.0 Å². The summed E-state index contributed by atoms with van der Waals surface area (Å²) in [7, 11) is -3.30. The van der Waals surface area contributed by atoms with Crippen molar-refractivity contribution in [1.29, 1.82) is 0 Å². The van der Waals surface area contributed by atoms with Crippen molar-refractivity contribution in [2.24, 2.45) is 11.8 Å². The highest BCUT2D eigenvalue weighted by Gasteiger charge is 2.37. The zero-order valence-electron chi connectivity index (χ0n) is 13.0. The van der Waals surface area contributed by atoms with Crippen LogP contribution in [0.15, 0.2) is 0 Å². The fraction of sp³-hybridized carbons (Fsp3) is 1.00. The van der Waals surface area contributed by atoms with E-state index in [-0.39, 0.29) is 6.04 Å². The minimum Gasteiger partial charge on any atom is -0.317 e. The van der Waals surface area contributed by atoms with Gasteiger partial charge in [0.2, 0.25) is 0 Å². The molecule has 2 rings (SSSR count). The molecule has 1 N–H and O–H groups in total. The Morgan fingerprint density at radius 3 is 2.20 bits per heavy atom. The lowest BCUT2D eigenvalue weighted by atomic mass is 9.94. The molecule has 2 fully saturated rings. The van der Waals surface area contributed by atoms with Crippen LogP contribution in [0.25, 0.3) is 0 Å². The van der Waals surface area contributed by atoms with Crippen LogP contribution >= 0.6 is 0 Å². The van der Waals surface area contributed by atoms with Crippen molar-refractivity contribution >= 4 is 10.2 Å². The van der Waals surface area contributed by atoms with E-state index in [0.29, 0.717) is 31.5 Å². The minimum atomic E-state index is -3.30. The van der Waals surface area contributed by atoms with Crippen LogP contribution in [0.3, 0.4) is 0 Å². The van der Waals surface area contributed by atoms with Gasteiger partial charge in [-0.1, -0.05) is 20.8 Å². The van der Waals surface area contributed by atoms with Crippen LogP contribution in [0.2, 0.25) is 0 Å². The smallest absolute Gasteiger partial charge is 0.282 e. The van der Waals surface area contributed by atoms with Gasteiger partial charge >= 0.3 is 0 Å². The molecule has 6 heteroatoms. The molecule has 20 heavy (non-hydrogen) atoms. The van der Waals surface area contributed by atoms with Crippen molar-refractivity contribution in [1.82, 2.24) is 13.9 Å². The van der Waals surface area contributed by atoms with E-state index in [1.807, 2.05) is 6.92 Å². The average Bonchev–Trinajstić information content (AvgIpc) is 2.39. The SMILES string of the molecule is CCN(C1CCNCC1)S(=O)(=O)N1CC(C)CC(C)C1. The maximum atomic E-state index is 12.9. The molecule has 0 amide bonds. The van der Waals surface area contributed by atoms with Crippen LogP contribution in [-0.4, -0.2) is 55.8 Å². The summed E-state index contributed by atoms with van der Waals surface area (Å²) in [5.74, 6) is 0.917. The molecule has 0 radical (unpaired) electrons. The molecule has 2 heterocycles. The molecule has 0 saturated carbocycles. The lowest BCUT2D eigenvalue weighted by Crippen LogP contribution is -2.54. The molecular weight excluding hydrogens is 274 g/mol. The third-order valence-electron chi connectivity index (χ3n) is 4.49. The van der Waals surface area contributed by atoms with Gasteiger partial charge in [-0.3, -0.25) is 0 Å². The Morgan fingerprint density at radius 2 is 1.70 bits per heavy atom. The van der Waals surface area contributed by atoms with E-state index in [4.69, 9.17) is 0 Å². The molecule has 0 spiro atoms. The second kappa shape index (κ2) is 6.73. The fourth-order valence-electron chi connectivity index (χ4n) is 3.65. The van der Waals surface area contributed by atoms with Crippen molar-refractivity contribution < 1.29 is 8.42 Å². The van der Waals surface area contributed by atoms with Crippen LogP contribution in [0.4, 0.5) is 0 Å². The number of hydrogen-bond acceptors (Lipinski definition) is 3. The molecule has 0 bridgehead atoms. The van der Waals surface area contributed by atoms with Gasteiger partial charge in [0, 0.05) is 25.7 Å². The molecule has 0 aromatic rings. The van der Waals surface area contributed by atoms with Crippen molar-refractivity contribution in [2.75, 3.05) is 32.7 Å². The molecule has 0 aromatic carbocycles. The summed E-state index contributed by atoms with van der Waals surface area (Å²) in [6, 6.07) is 0.166.